The number of aromatic nitrogens is 1. The zero-order valence-corrected chi connectivity index (χ0v) is 21.2. The Morgan fingerprint density at radius 2 is 1.92 bits per heavy atom. The number of aliphatic carboxylic acids is 1. The maximum absolute atomic E-state index is 15.6. The van der Waals surface area contributed by atoms with Crippen molar-refractivity contribution >= 4 is 23.0 Å². The molecule has 1 aliphatic heterocycles. The van der Waals surface area contributed by atoms with Crippen molar-refractivity contribution in [1.29, 1.82) is 0 Å². The molecule has 1 N–H and O–H groups in total. The molecule has 2 aromatic heterocycles. The molecule has 0 unspecified atom stereocenters. The highest BCUT2D eigenvalue weighted by Gasteiger charge is 2.42. The van der Waals surface area contributed by atoms with Gasteiger partial charge < -0.3 is 9.52 Å². The van der Waals surface area contributed by atoms with Crippen LogP contribution in [0.25, 0.3) is 28.2 Å². The second-order valence-electron chi connectivity index (χ2n) is 10.3. The lowest BCUT2D eigenvalue weighted by atomic mass is 9.87. The molecule has 2 aromatic carbocycles. The van der Waals surface area contributed by atoms with Gasteiger partial charge in [0.15, 0.2) is 0 Å². The highest BCUT2D eigenvalue weighted by molar-refractivity contribution is 5.88. The monoisotopic (exact) mass is 520 g/mol. The molecule has 1 aliphatic rings. The molecule has 8 heteroatoms. The lowest BCUT2D eigenvalue weighted by Crippen LogP contribution is -2.48. The number of hydrogen-bond acceptors (Lipinski definition) is 4. The van der Waals surface area contributed by atoms with Gasteiger partial charge in [-0.15, -0.1) is 0 Å². The fraction of sp³-hybridized carbons (Fsp3) is 0.267. The fourth-order valence-corrected chi connectivity index (χ4v) is 5.24. The first-order chi connectivity index (χ1) is 18.0. The Bertz CT molecular complexity index is 1520. The van der Waals surface area contributed by atoms with Gasteiger partial charge >= 0.3 is 5.97 Å². The van der Waals surface area contributed by atoms with Gasteiger partial charge in [0.1, 0.15) is 34.7 Å². The molecule has 4 aromatic rings. The Kier molecular flexibility index (Phi) is 6.61. The predicted octanol–water partition coefficient (Wildman–Crippen LogP) is 6.95. The van der Waals surface area contributed by atoms with Gasteiger partial charge in [-0.3, -0.25) is 9.88 Å². The van der Waals surface area contributed by atoms with E-state index in [1.54, 1.807) is 17.3 Å². The van der Waals surface area contributed by atoms with Crippen LogP contribution in [0.2, 0.25) is 0 Å². The van der Waals surface area contributed by atoms with Gasteiger partial charge in [0, 0.05) is 53.1 Å². The van der Waals surface area contributed by atoms with E-state index < -0.39 is 29.3 Å². The van der Waals surface area contributed by atoms with E-state index in [-0.39, 0.29) is 23.7 Å². The fourth-order valence-electron chi connectivity index (χ4n) is 5.24. The van der Waals surface area contributed by atoms with E-state index in [0.717, 1.165) is 46.4 Å². The number of hydrogen-bond donors (Lipinski definition) is 1. The van der Waals surface area contributed by atoms with Gasteiger partial charge in [-0.1, -0.05) is 12.1 Å². The normalized spacial score (nSPS) is 18.3. The molecule has 0 amide bonds. The maximum Gasteiger partial charge on any atom is 0.328 e. The van der Waals surface area contributed by atoms with Crippen molar-refractivity contribution in [3.8, 4) is 11.1 Å². The Hall–Kier alpha value is -3.91. The topological polar surface area (TPSA) is 66.6 Å². The summed E-state index contributed by atoms with van der Waals surface area (Å²) in [5.74, 6) is -2.58. The first kappa shape index (κ1) is 25.7. The summed E-state index contributed by atoms with van der Waals surface area (Å²) >= 11 is 0. The number of furan rings is 1. The maximum atomic E-state index is 15.6. The Labute approximate surface area is 218 Å². The number of halogens is 3. The lowest BCUT2D eigenvalue weighted by Gasteiger charge is -2.42. The van der Waals surface area contributed by atoms with Crippen LogP contribution in [-0.2, 0) is 11.2 Å². The standard InChI is InChI=1S/C30H27F3N2O3/c1-17-11-22-21-14-19(20-5-4-10-34-15-20)7-8-25(21)38-29(22)28(35(17)16-30(2,3)33)27-23(31)12-18(13-24(27)32)6-9-26(36)37/h4-10,12-15,17,28H,11,16H2,1-3H3,(H,36,37)/b9-6+/t17-,28-/m1/s1. The Morgan fingerprint density at radius 3 is 2.55 bits per heavy atom. The zero-order valence-electron chi connectivity index (χ0n) is 21.2. The minimum Gasteiger partial charge on any atom is -0.478 e. The number of rotatable bonds is 6. The SMILES string of the molecule is C[C@@H]1Cc2c(oc3ccc(-c4cccnc4)cc23)[C@@H](c2c(F)cc(/C=C/C(=O)O)cc2F)N1CC(C)(C)F. The summed E-state index contributed by atoms with van der Waals surface area (Å²) in [4.78, 5) is 16.8. The summed E-state index contributed by atoms with van der Waals surface area (Å²) in [6.45, 7) is 4.69. The highest BCUT2D eigenvalue weighted by atomic mass is 19.1. The molecule has 2 atom stereocenters. The quantitative estimate of drug-likeness (QED) is 0.279. The molecule has 196 valence electrons. The summed E-state index contributed by atoms with van der Waals surface area (Å²) in [5.41, 5.74) is 1.41. The van der Waals surface area contributed by atoms with Crippen LogP contribution in [0, 0.1) is 11.6 Å². The third-order valence-electron chi connectivity index (χ3n) is 6.81. The number of alkyl halides is 1. The number of fused-ring (bicyclic) bond motifs is 3. The first-order valence-corrected chi connectivity index (χ1v) is 12.3. The van der Waals surface area contributed by atoms with Crippen molar-refractivity contribution in [3.05, 3.63) is 95.0 Å². The summed E-state index contributed by atoms with van der Waals surface area (Å²) in [6, 6.07) is 10.4. The van der Waals surface area contributed by atoms with Gasteiger partial charge in [0.05, 0.1) is 0 Å². The zero-order chi connectivity index (χ0) is 27.2. The van der Waals surface area contributed by atoms with Gasteiger partial charge in [0.25, 0.3) is 0 Å². The van der Waals surface area contributed by atoms with Crippen LogP contribution in [0.1, 0.15) is 49.3 Å². The van der Waals surface area contributed by atoms with Crippen molar-refractivity contribution in [3.63, 3.8) is 0 Å². The van der Waals surface area contributed by atoms with Gasteiger partial charge in [-0.2, -0.15) is 0 Å². The van der Waals surface area contributed by atoms with Gasteiger partial charge in [-0.25, -0.2) is 18.0 Å². The van der Waals surface area contributed by atoms with E-state index in [1.165, 1.54) is 13.8 Å². The van der Waals surface area contributed by atoms with E-state index in [1.807, 2.05) is 37.3 Å². The molecule has 0 fully saturated rings. The average Bonchev–Trinajstić information content (AvgIpc) is 3.21. The highest BCUT2D eigenvalue weighted by Crippen LogP contribution is 2.45. The van der Waals surface area contributed by atoms with Crippen LogP contribution in [0.15, 0.2) is 65.4 Å². The van der Waals surface area contributed by atoms with Crippen LogP contribution < -0.4 is 0 Å². The average molecular weight is 521 g/mol. The summed E-state index contributed by atoms with van der Waals surface area (Å²) < 4.78 is 52.4. The summed E-state index contributed by atoms with van der Waals surface area (Å²) in [7, 11) is 0. The van der Waals surface area contributed by atoms with E-state index in [0.29, 0.717) is 17.8 Å². The molecular formula is C30H27F3N2O3. The van der Waals surface area contributed by atoms with Gasteiger partial charge in [0.2, 0.25) is 0 Å². The van der Waals surface area contributed by atoms with Crippen molar-refractivity contribution in [2.24, 2.45) is 0 Å². The van der Waals surface area contributed by atoms with Crippen LogP contribution >= 0.6 is 0 Å². The van der Waals surface area contributed by atoms with Gasteiger partial charge in [-0.05, 0) is 74.7 Å². The number of carbonyl (C=O) groups is 1. The number of carboxylic acid groups (broad SMARTS) is 1. The van der Waals surface area contributed by atoms with Crippen LogP contribution in [-0.4, -0.2) is 39.2 Å². The molecule has 0 spiro atoms. The molecular weight excluding hydrogens is 493 g/mol. The third-order valence-corrected chi connectivity index (χ3v) is 6.81. The van der Waals surface area contributed by atoms with E-state index in [4.69, 9.17) is 9.52 Å². The number of pyridine rings is 1. The minimum absolute atomic E-state index is 0.0679. The van der Waals surface area contributed by atoms with Crippen LogP contribution in [0.4, 0.5) is 13.2 Å². The summed E-state index contributed by atoms with van der Waals surface area (Å²) in [5, 5.41) is 9.71. The largest absolute Gasteiger partial charge is 0.478 e. The molecule has 0 bridgehead atoms. The van der Waals surface area contributed by atoms with E-state index in [2.05, 4.69) is 4.98 Å². The van der Waals surface area contributed by atoms with E-state index >= 15 is 8.78 Å². The molecule has 0 aliphatic carbocycles. The molecule has 5 rings (SSSR count). The predicted molar refractivity (Wildman–Crippen MR) is 139 cm³/mol. The third kappa shape index (κ3) is 4.96. The number of nitrogens with zero attached hydrogens (tertiary/aromatic N) is 2. The first-order valence-electron chi connectivity index (χ1n) is 12.3. The van der Waals surface area contributed by atoms with Crippen LogP contribution in [0.3, 0.4) is 0 Å². The summed E-state index contributed by atoms with van der Waals surface area (Å²) in [6.07, 6.45) is 5.90. The lowest BCUT2D eigenvalue weighted by molar-refractivity contribution is -0.131. The molecule has 3 heterocycles. The van der Waals surface area contributed by atoms with Crippen LogP contribution in [0.5, 0.6) is 0 Å². The minimum atomic E-state index is -1.64. The second-order valence-corrected chi connectivity index (χ2v) is 10.3. The van der Waals surface area contributed by atoms with Crippen molar-refractivity contribution < 1.29 is 27.5 Å². The molecule has 5 nitrogen and oxygen atoms in total. The Morgan fingerprint density at radius 1 is 1.18 bits per heavy atom. The van der Waals surface area contributed by atoms with Crippen molar-refractivity contribution in [2.75, 3.05) is 6.54 Å². The van der Waals surface area contributed by atoms with Crippen molar-refractivity contribution in [2.45, 2.75) is 44.9 Å². The molecule has 38 heavy (non-hydrogen) atoms. The smallest absolute Gasteiger partial charge is 0.328 e. The molecule has 0 radical (unpaired) electrons. The molecule has 0 saturated carbocycles. The number of carboxylic acids is 1. The van der Waals surface area contributed by atoms with Crippen molar-refractivity contribution in [1.82, 2.24) is 9.88 Å². The van der Waals surface area contributed by atoms with E-state index in [9.17, 15) is 9.18 Å². The molecule has 0 saturated heterocycles. The Balaban J connectivity index is 1.69. The number of benzene rings is 2. The second kappa shape index (κ2) is 9.76.